The lowest BCUT2D eigenvalue weighted by Crippen LogP contribution is -2.45. The average molecular weight is 506 g/mol. The number of benzene rings is 1. The van der Waals surface area contributed by atoms with Crippen LogP contribution in [-0.4, -0.2) is 47.8 Å². The summed E-state index contributed by atoms with van der Waals surface area (Å²) in [6, 6.07) is 5.44. The number of nitrogens with zero attached hydrogens (tertiary/aromatic N) is 1. The molecule has 4 rings (SSSR count). The van der Waals surface area contributed by atoms with E-state index in [1.165, 1.54) is 7.11 Å². The SMILES string of the molecule is C#CCOc1ccc(C2C3=C(CC(C)(C)CC3=O)N(CCC(=O)O)C3=C2C(=O)CC(C)(C)C3)cc1OC. The van der Waals surface area contributed by atoms with Gasteiger partial charge >= 0.3 is 5.97 Å². The van der Waals surface area contributed by atoms with E-state index in [9.17, 15) is 19.5 Å². The van der Waals surface area contributed by atoms with Crippen molar-refractivity contribution in [3.05, 3.63) is 46.3 Å². The summed E-state index contributed by atoms with van der Waals surface area (Å²) in [6.07, 6.45) is 7.22. The Bertz CT molecular complexity index is 1210. The molecule has 0 saturated carbocycles. The number of hydrogen-bond acceptors (Lipinski definition) is 6. The van der Waals surface area contributed by atoms with Crippen LogP contribution in [0.5, 0.6) is 11.5 Å². The van der Waals surface area contributed by atoms with E-state index < -0.39 is 11.9 Å². The van der Waals surface area contributed by atoms with Crippen molar-refractivity contribution in [2.45, 2.75) is 65.7 Å². The highest BCUT2D eigenvalue weighted by Gasteiger charge is 2.49. The molecule has 0 fully saturated rings. The normalized spacial score (nSPS) is 20.8. The summed E-state index contributed by atoms with van der Waals surface area (Å²) in [4.78, 5) is 41.1. The van der Waals surface area contributed by atoms with E-state index in [1.54, 1.807) is 6.07 Å². The lowest BCUT2D eigenvalue weighted by molar-refractivity contribution is -0.137. The summed E-state index contributed by atoms with van der Waals surface area (Å²) in [5.74, 6) is 1.92. The Morgan fingerprint density at radius 1 is 1.03 bits per heavy atom. The number of allylic oxidation sites excluding steroid dienone is 4. The molecular formula is C30H35NO6. The van der Waals surface area contributed by atoms with Gasteiger partial charge in [0.1, 0.15) is 6.61 Å². The monoisotopic (exact) mass is 505 g/mol. The van der Waals surface area contributed by atoms with Crippen LogP contribution >= 0.6 is 0 Å². The van der Waals surface area contributed by atoms with Gasteiger partial charge in [-0.05, 0) is 41.4 Å². The minimum Gasteiger partial charge on any atom is -0.493 e. The molecule has 0 saturated heterocycles. The zero-order chi connectivity index (χ0) is 27.1. The second-order valence-corrected chi connectivity index (χ2v) is 11.7. The van der Waals surface area contributed by atoms with Crippen molar-refractivity contribution in [1.82, 2.24) is 4.90 Å². The summed E-state index contributed by atoms with van der Waals surface area (Å²) in [7, 11) is 1.54. The van der Waals surface area contributed by atoms with Crippen LogP contribution < -0.4 is 9.47 Å². The number of terminal acetylenes is 1. The van der Waals surface area contributed by atoms with Gasteiger partial charge in [-0.1, -0.05) is 39.7 Å². The van der Waals surface area contributed by atoms with Crippen LogP contribution in [0, 0.1) is 23.2 Å². The van der Waals surface area contributed by atoms with Crippen molar-refractivity contribution in [1.29, 1.82) is 0 Å². The molecule has 0 spiro atoms. The smallest absolute Gasteiger partial charge is 0.305 e. The lowest BCUT2D eigenvalue weighted by atomic mass is 9.63. The van der Waals surface area contributed by atoms with E-state index in [0.29, 0.717) is 48.3 Å². The third kappa shape index (κ3) is 5.16. The van der Waals surface area contributed by atoms with Gasteiger partial charge in [0.2, 0.25) is 0 Å². The van der Waals surface area contributed by atoms with Crippen molar-refractivity contribution >= 4 is 17.5 Å². The van der Waals surface area contributed by atoms with E-state index in [1.807, 2.05) is 17.0 Å². The second-order valence-electron chi connectivity index (χ2n) is 11.7. The molecule has 7 nitrogen and oxygen atoms in total. The van der Waals surface area contributed by atoms with Gasteiger partial charge in [-0.3, -0.25) is 14.4 Å². The molecule has 37 heavy (non-hydrogen) atoms. The molecule has 0 amide bonds. The van der Waals surface area contributed by atoms with Gasteiger partial charge in [0.25, 0.3) is 0 Å². The topological polar surface area (TPSA) is 93.1 Å². The number of carboxylic acids is 1. The summed E-state index contributed by atoms with van der Waals surface area (Å²) in [5, 5.41) is 9.49. The van der Waals surface area contributed by atoms with E-state index in [4.69, 9.17) is 15.9 Å². The van der Waals surface area contributed by atoms with E-state index in [0.717, 1.165) is 17.0 Å². The molecule has 1 heterocycles. The molecule has 196 valence electrons. The Kier molecular flexibility index (Phi) is 6.98. The number of ether oxygens (including phenoxy) is 2. The van der Waals surface area contributed by atoms with E-state index in [2.05, 4.69) is 33.6 Å². The first-order valence-corrected chi connectivity index (χ1v) is 12.6. The number of hydrogen-bond donors (Lipinski definition) is 1. The second kappa shape index (κ2) is 9.74. The fourth-order valence-corrected chi connectivity index (χ4v) is 5.96. The van der Waals surface area contributed by atoms with Crippen LogP contribution in [0.4, 0.5) is 0 Å². The number of Topliss-reactive ketones (excluding diaryl/α,β-unsaturated/α-hetero) is 2. The molecule has 1 N–H and O–H groups in total. The van der Waals surface area contributed by atoms with Gasteiger partial charge in [0.05, 0.1) is 13.5 Å². The number of carboxylic acid groups (broad SMARTS) is 1. The number of carbonyl (C=O) groups excluding carboxylic acids is 2. The van der Waals surface area contributed by atoms with Crippen molar-refractivity contribution in [3.8, 4) is 23.8 Å². The molecule has 1 aromatic carbocycles. The maximum Gasteiger partial charge on any atom is 0.305 e. The molecule has 1 aliphatic heterocycles. The summed E-state index contributed by atoms with van der Waals surface area (Å²) >= 11 is 0. The summed E-state index contributed by atoms with van der Waals surface area (Å²) in [5.41, 5.74) is 3.07. The molecular weight excluding hydrogens is 470 g/mol. The standard InChI is InChI=1S/C30H35NO6/c1-7-12-37-23-9-8-18(13-24(23)36-6)26-27-19(14-29(2,3)16-21(27)32)31(11-10-25(34)35)20-15-30(4,5)17-22(33)28(20)26/h1,8-9,13,26H,10-12,14-17H2,2-6H3,(H,34,35). The van der Waals surface area contributed by atoms with Gasteiger partial charge in [-0.15, -0.1) is 6.42 Å². The number of rotatable bonds is 7. The molecule has 0 aromatic heterocycles. The highest BCUT2D eigenvalue weighted by atomic mass is 16.5. The van der Waals surface area contributed by atoms with Gasteiger partial charge in [-0.25, -0.2) is 0 Å². The maximum atomic E-state index is 13.8. The number of aliphatic carboxylic acids is 1. The molecule has 0 atom stereocenters. The van der Waals surface area contributed by atoms with Crippen molar-refractivity contribution < 1.29 is 29.0 Å². The highest BCUT2D eigenvalue weighted by molar-refractivity contribution is 6.06. The number of methoxy groups -OCH3 is 1. The van der Waals surface area contributed by atoms with Crippen LogP contribution in [0.25, 0.3) is 0 Å². The molecule has 1 aromatic rings. The quantitative estimate of drug-likeness (QED) is 0.529. The Balaban J connectivity index is 1.95. The van der Waals surface area contributed by atoms with Crippen molar-refractivity contribution in [2.75, 3.05) is 20.3 Å². The Morgan fingerprint density at radius 2 is 1.59 bits per heavy atom. The minimum absolute atomic E-state index is 0.00705. The zero-order valence-corrected chi connectivity index (χ0v) is 22.3. The molecule has 0 radical (unpaired) electrons. The van der Waals surface area contributed by atoms with Gasteiger partial charge in [0.15, 0.2) is 23.1 Å². The molecule has 2 aliphatic carbocycles. The number of carbonyl (C=O) groups is 3. The Morgan fingerprint density at radius 3 is 2.08 bits per heavy atom. The minimum atomic E-state index is -0.915. The fraction of sp³-hybridized carbons (Fsp3) is 0.500. The molecule has 0 bridgehead atoms. The van der Waals surface area contributed by atoms with Gasteiger partial charge < -0.3 is 19.5 Å². The highest BCUT2D eigenvalue weighted by Crippen LogP contribution is 2.54. The zero-order valence-electron chi connectivity index (χ0n) is 22.3. The third-order valence-electron chi connectivity index (χ3n) is 7.40. The maximum absolute atomic E-state index is 13.8. The first kappa shape index (κ1) is 26.5. The van der Waals surface area contributed by atoms with Crippen LogP contribution in [-0.2, 0) is 14.4 Å². The molecule has 3 aliphatic rings. The van der Waals surface area contributed by atoms with Crippen molar-refractivity contribution in [2.24, 2.45) is 10.8 Å². The van der Waals surface area contributed by atoms with Crippen LogP contribution in [0.2, 0.25) is 0 Å². The fourth-order valence-electron chi connectivity index (χ4n) is 5.96. The summed E-state index contributed by atoms with van der Waals surface area (Å²) in [6.45, 7) is 8.52. The molecule has 7 heteroatoms. The predicted octanol–water partition coefficient (Wildman–Crippen LogP) is 4.87. The summed E-state index contributed by atoms with van der Waals surface area (Å²) < 4.78 is 11.2. The third-order valence-corrected chi connectivity index (χ3v) is 7.40. The van der Waals surface area contributed by atoms with Crippen LogP contribution in [0.15, 0.2) is 40.7 Å². The largest absolute Gasteiger partial charge is 0.493 e. The van der Waals surface area contributed by atoms with Gasteiger partial charge in [-0.2, -0.15) is 0 Å². The first-order valence-electron chi connectivity index (χ1n) is 12.6. The predicted molar refractivity (Wildman–Crippen MR) is 139 cm³/mol. The van der Waals surface area contributed by atoms with Gasteiger partial charge in [0, 0.05) is 47.8 Å². The number of ketones is 2. The first-order chi connectivity index (χ1) is 17.4. The average Bonchev–Trinajstić information content (AvgIpc) is 2.79. The molecule has 0 unspecified atom stereocenters. The Hall–Kier alpha value is -3.53. The van der Waals surface area contributed by atoms with E-state index in [-0.39, 0.29) is 42.0 Å². The van der Waals surface area contributed by atoms with Crippen molar-refractivity contribution in [3.63, 3.8) is 0 Å². The van der Waals surface area contributed by atoms with E-state index >= 15 is 0 Å². The Labute approximate surface area is 218 Å². The van der Waals surface area contributed by atoms with Crippen LogP contribution in [0.1, 0.15) is 71.3 Å². The van der Waals surface area contributed by atoms with Crippen LogP contribution in [0.3, 0.4) is 0 Å². The lowest BCUT2D eigenvalue weighted by Gasteiger charge is -2.49.